The zero-order chi connectivity index (χ0) is 18.5. The van der Waals surface area contributed by atoms with Crippen molar-refractivity contribution in [2.45, 2.75) is 6.42 Å². The zero-order valence-electron chi connectivity index (χ0n) is 13.6. The van der Waals surface area contributed by atoms with Gasteiger partial charge in [-0.2, -0.15) is 5.26 Å². The summed E-state index contributed by atoms with van der Waals surface area (Å²) in [6, 6.07) is 11.9. The molecule has 26 heavy (non-hydrogen) atoms. The van der Waals surface area contributed by atoms with Gasteiger partial charge >= 0.3 is 5.63 Å². The van der Waals surface area contributed by atoms with Gasteiger partial charge in [-0.3, -0.25) is 0 Å². The molecule has 0 unspecified atom stereocenters. The molecule has 7 heteroatoms. The minimum absolute atomic E-state index is 0.131. The van der Waals surface area contributed by atoms with Gasteiger partial charge in [0.2, 0.25) is 0 Å². The molecule has 132 valence electrons. The first-order valence-corrected chi connectivity index (χ1v) is 7.79. The normalized spacial score (nSPS) is 10.5. The van der Waals surface area contributed by atoms with Crippen molar-refractivity contribution >= 4 is 11.0 Å². The lowest BCUT2D eigenvalue weighted by molar-refractivity contribution is 0.247. The largest absolute Gasteiger partial charge is 0.506 e. The summed E-state index contributed by atoms with van der Waals surface area (Å²) in [5, 5.41) is 19.0. The van der Waals surface area contributed by atoms with Crippen LogP contribution in [0.4, 0.5) is 4.39 Å². The first-order chi connectivity index (χ1) is 12.6. The lowest BCUT2D eigenvalue weighted by Crippen LogP contribution is -2.06. The van der Waals surface area contributed by atoms with E-state index in [0.29, 0.717) is 31.1 Å². The van der Waals surface area contributed by atoms with E-state index in [4.69, 9.17) is 19.2 Å². The lowest BCUT2D eigenvalue weighted by Gasteiger charge is -2.09. The monoisotopic (exact) mass is 355 g/mol. The second kappa shape index (κ2) is 7.57. The molecule has 0 atom stereocenters. The molecule has 0 fully saturated rings. The number of hydrogen-bond donors (Lipinski definition) is 1. The smallest absolute Gasteiger partial charge is 0.358 e. The molecule has 0 aliphatic rings. The molecule has 1 N–H and O–H groups in total. The molecule has 0 radical (unpaired) electrons. The highest BCUT2D eigenvalue weighted by Gasteiger charge is 2.13. The van der Waals surface area contributed by atoms with Crippen LogP contribution < -0.4 is 15.1 Å². The highest BCUT2D eigenvalue weighted by molar-refractivity contribution is 5.86. The van der Waals surface area contributed by atoms with Crippen LogP contribution in [-0.4, -0.2) is 18.3 Å². The standard InChI is InChI=1S/C19H14FNO5/c20-12-2-4-13(5-3-12)24-8-1-9-25-14-6-7-15-17(10-14)26-19(23)16(11-21)18(15)22/h2-7,10,22H,1,8-9H2. The third kappa shape index (κ3) is 3.75. The average molecular weight is 355 g/mol. The van der Waals surface area contributed by atoms with Gasteiger partial charge in [0.05, 0.1) is 18.6 Å². The third-order valence-electron chi connectivity index (χ3n) is 3.60. The number of rotatable bonds is 6. The minimum Gasteiger partial charge on any atom is -0.506 e. The zero-order valence-corrected chi connectivity index (χ0v) is 13.6. The number of aromatic hydroxyl groups is 1. The molecule has 0 saturated heterocycles. The summed E-state index contributed by atoms with van der Waals surface area (Å²) in [5.74, 6) is 0.295. The Balaban J connectivity index is 1.58. The topological polar surface area (TPSA) is 92.7 Å². The fourth-order valence-corrected chi connectivity index (χ4v) is 2.32. The van der Waals surface area contributed by atoms with Crippen molar-refractivity contribution < 1.29 is 23.4 Å². The van der Waals surface area contributed by atoms with Gasteiger partial charge in [-0.1, -0.05) is 0 Å². The fourth-order valence-electron chi connectivity index (χ4n) is 2.32. The van der Waals surface area contributed by atoms with E-state index in [9.17, 15) is 14.3 Å². The molecular formula is C19H14FNO5. The maximum atomic E-state index is 12.8. The van der Waals surface area contributed by atoms with Gasteiger partial charge < -0.3 is 19.0 Å². The number of nitrogens with zero attached hydrogens (tertiary/aromatic N) is 1. The van der Waals surface area contributed by atoms with Crippen LogP contribution in [0.5, 0.6) is 17.2 Å². The first-order valence-electron chi connectivity index (χ1n) is 7.79. The molecule has 2 aromatic carbocycles. The number of ether oxygens (including phenoxy) is 2. The van der Waals surface area contributed by atoms with Crippen molar-refractivity contribution in [1.29, 1.82) is 5.26 Å². The van der Waals surface area contributed by atoms with Crippen molar-refractivity contribution in [2.24, 2.45) is 0 Å². The van der Waals surface area contributed by atoms with Gasteiger partial charge in [-0.05, 0) is 36.4 Å². The molecule has 1 aromatic heterocycles. The van der Waals surface area contributed by atoms with E-state index in [0.717, 1.165) is 0 Å². The summed E-state index contributed by atoms with van der Waals surface area (Å²) in [6.45, 7) is 0.736. The van der Waals surface area contributed by atoms with E-state index in [1.807, 2.05) is 0 Å². The number of nitriles is 1. The second-order valence-electron chi connectivity index (χ2n) is 5.39. The van der Waals surface area contributed by atoms with Crippen molar-refractivity contribution in [3.8, 4) is 23.3 Å². The molecule has 0 saturated carbocycles. The molecule has 0 amide bonds. The van der Waals surface area contributed by atoms with Crippen molar-refractivity contribution in [2.75, 3.05) is 13.2 Å². The highest BCUT2D eigenvalue weighted by atomic mass is 19.1. The van der Waals surface area contributed by atoms with Gasteiger partial charge in [-0.25, -0.2) is 9.18 Å². The molecule has 0 aliphatic carbocycles. The van der Waals surface area contributed by atoms with E-state index in [-0.39, 0.29) is 16.8 Å². The Bertz CT molecular complexity index is 1020. The summed E-state index contributed by atoms with van der Waals surface area (Å²) < 4.78 is 28.8. The summed E-state index contributed by atoms with van der Waals surface area (Å²) >= 11 is 0. The second-order valence-corrected chi connectivity index (χ2v) is 5.39. The summed E-state index contributed by atoms with van der Waals surface area (Å²) in [6.07, 6.45) is 0.581. The van der Waals surface area contributed by atoms with Crippen molar-refractivity contribution in [3.05, 3.63) is 64.3 Å². The van der Waals surface area contributed by atoms with Crippen LogP contribution in [0.25, 0.3) is 11.0 Å². The van der Waals surface area contributed by atoms with Crippen LogP contribution >= 0.6 is 0 Å². The Morgan fingerprint density at radius 1 is 1.08 bits per heavy atom. The number of halogens is 1. The number of hydrogen-bond acceptors (Lipinski definition) is 6. The van der Waals surface area contributed by atoms with Crippen molar-refractivity contribution in [3.63, 3.8) is 0 Å². The maximum absolute atomic E-state index is 12.8. The Morgan fingerprint density at radius 3 is 2.42 bits per heavy atom. The highest BCUT2D eigenvalue weighted by Crippen LogP contribution is 2.28. The summed E-state index contributed by atoms with van der Waals surface area (Å²) in [5.41, 5.74) is -1.20. The molecule has 3 aromatic rings. The molecule has 6 nitrogen and oxygen atoms in total. The molecule has 1 heterocycles. The third-order valence-corrected chi connectivity index (χ3v) is 3.60. The molecule has 0 spiro atoms. The van der Waals surface area contributed by atoms with E-state index in [1.54, 1.807) is 24.3 Å². The fraction of sp³-hybridized carbons (Fsp3) is 0.158. The lowest BCUT2D eigenvalue weighted by atomic mass is 10.1. The number of benzene rings is 2. The van der Waals surface area contributed by atoms with Gasteiger partial charge in [0.1, 0.15) is 29.0 Å². The van der Waals surface area contributed by atoms with E-state index in [2.05, 4.69) is 0 Å². The Hall–Kier alpha value is -3.53. The van der Waals surface area contributed by atoms with Gasteiger partial charge in [0, 0.05) is 12.5 Å². The van der Waals surface area contributed by atoms with Crippen LogP contribution in [0.2, 0.25) is 0 Å². The van der Waals surface area contributed by atoms with Crippen LogP contribution in [-0.2, 0) is 0 Å². The predicted octanol–water partition coefficient (Wildman–Crippen LogP) is 3.36. The van der Waals surface area contributed by atoms with Crippen LogP contribution in [0.3, 0.4) is 0 Å². The molecule has 0 aliphatic heterocycles. The quantitative estimate of drug-likeness (QED) is 0.538. The summed E-state index contributed by atoms with van der Waals surface area (Å²) in [4.78, 5) is 11.6. The SMILES string of the molecule is N#Cc1c(O)c2ccc(OCCCOc3ccc(F)cc3)cc2oc1=O. The Kier molecular flexibility index (Phi) is 5.04. The Morgan fingerprint density at radius 2 is 1.73 bits per heavy atom. The van der Waals surface area contributed by atoms with Crippen LogP contribution in [0, 0.1) is 17.1 Å². The van der Waals surface area contributed by atoms with Crippen molar-refractivity contribution in [1.82, 2.24) is 0 Å². The number of fused-ring (bicyclic) bond motifs is 1. The van der Waals surface area contributed by atoms with E-state index in [1.165, 1.54) is 24.3 Å². The Labute approximate surface area is 147 Å². The van der Waals surface area contributed by atoms with Gasteiger partial charge in [0.15, 0.2) is 11.3 Å². The average Bonchev–Trinajstić information content (AvgIpc) is 2.63. The predicted molar refractivity (Wildman–Crippen MR) is 90.9 cm³/mol. The molecule has 3 rings (SSSR count). The molecular weight excluding hydrogens is 341 g/mol. The minimum atomic E-state index is -0.901. The first kappa shape index (κ1) is 17.3. The molecule has 0 bridgehead atoms. The summed E-state index contributed by atoms with van der Waals surface area (Å²) in [7, 11) is 0. The van der Waals surface area contributed by atoms with E-state index < -0.39 is 16.9 Å². The van der Waals surface area contributed by atoms with Gasteiger partial charge in [-0.15, -0.1) is 0 Å². The van der Waals surface area contributed by atoms with Gasteiger partial charge in [0.25, 0.3) is 0 Å². The van der Waals surface area contributed by atoms with Crippen LogP contribution in [0.1, 0.15) is 12.0 Å². The van der Waals surface area contributed by atoms with E-state index >= 15 is 0 Å². The van der Waals surface area contributed by atoms with Crippen LogP contribution in [0.15, 0.2) is 51.7 Å². The maximum Gasteiger partial charge on any atom is 0.358 e.